The Morgan fingerprint density at radius 3 is 2.56 bits per heavy atom. The average Bonchev–Trinajstić information content (AvgIpc) is 3.10. The zero-order valence-corrected chi connectivity index (χ0v) is 13.8. The number of nitrogens with zero attached hydrogens (tertiary/aromatic N) is 2. The molecular formula is C18H13F4N3O2. The molecule has 5 nitrogen and oxygen atoms in total. The van der Waals surface area contributed by atoms with Gasteiger partial charge in [0.15, 0.2) is 0 Å². The van der Waals surface area contributed by atoms with Gasteiger partial charge in [-0.05, 0) is 29.8 Å². The Hall–Kier alpha value is -3.23. The normalized spacial score (nSPS) is 11.4. The van der Waals surface area contributed by atoms with Crippen LogP contribution >= 0.6 is 0 Å². The lowest BCUT2D eigenvalue weighted by molar-refractivity contribution is -0.137. The van der Waals surface area contributed by atoms with Crippen molar-refractivity contribution in [2.24, 2.45) is 0 Å². The third-order valence-electron chi connectivity index (χ3n) is 3.63. The van der Waals surface area contributed by atoms with Crippen molar-refractivity contribution in [2.45, 2.75) is 19.1 Å². The maximum Gasteiger partial charge on any atom is 0.416 e. The highest BCUT2D eigenvalue weighted by Crippen LogP contribution is 2.31. The second-order valence-electron chi connectivity index (χ2n) is 5.67. The Balaban J connectivity index is 1.61. The third-order valence-corrected chi connectivity index (χ3v) is 3.63. The topological polar surface area (TPSA) is 68.0 Å². The number of benzene rings is 2. The zero-order chi connectivity index (χ0) is 19.4. The van der Waals surface area contributed by atoms with Gasteiger partial charge in [0.25, 0.3) is 0 Å². The fourth-order valence-corrected chi connectivity index (χ4v) is 2.30. The number of aromatic nitrogens is 2. The van der Waals surface area contributed by atoms with E-state index in [1.165, 1.54) is 36.4 Å². The van der Waals surface area contributed by atoms with Gasteiger partial charge in [-0.2, -0.15) is 18.2 Å². The molecule has 1 heterocycles. The summed E-state index contributed by atoms with van der Waals surface area (Å²) in [6.07, 6.45) is -4.44. The molecule has 3 rings (SSSR count). The summed E-state index contributed by atoms with van der Waals surface area (Å²) in [5.74, 6) is -0.702. The maximum absolute atomic E-state index is 12.8. The van der Waals surface area contributed by atoms with Gasteiger partial charge in [-0.15, -0.1) is 0 Å². The quantitative estimate of drug-likeness (QED) is 0.686. The molecule has 0 aliphatic heterocycles. The molecule has 1 amide bonds. The molecule has 9 heteroatoms. The minimum Gasteiger partial charge on any atom is -0.347 e. The minimum absolute atomic E-state index is 0.0103. The molecule has 2 aromatic carbocycles. The lowest BCUT2D eigenvalue weighted by Crippen LogP contribution is -2.24. The molecule has 0 aliphatic carbocycles. The molecule has 0 bridgehead atoms. The van der Waals surface area contributed by atoms with E-state index >= 15 is 0 Å². The van der Waals surface area contributed by atoms with Gasteiger partial charge in [-0.3, -0.25) is 4.79 Å². The number of carbonyl (C=O) groups is 1. The highest BCUT2D eigenvalue weighted by atomic mass is 19.4. The summed E-state index contributed by atoms with van der Waals surface area (Å²) in [5.41, 5.74) is -0.0412. The average molecular weight is 379 g/mol. The van der Waals surface area contributed by atoms with Crippen LogP contribution in [-0.2, 0) is 23.9 Å². The number of alkyl halides is 3. The second-order valence-corrected chi connectivity index (χ2v) is 5.67. The summed E-state index contributed by atoms with van der Waals surface area (Å²) in [5, 5.41) is 6.19. The van der Waals surface area contributed by atoms with Crippen molar-refractivity contribution in [2.75, 3.05) is 0 Å². The van der Waals surface area contributed by atoms with Crippen molar-refractivity contribution >= 4 is 5.91 Å². The molecule has 0 saturated heterocycles. The van der Waals surface area contributed by atoms with Crippen LogP contribution in [0.4, 0.5) is 17.6 Å². The van der Waals surface area contributed by atoms with E-state index in [0.29, 0.717) is 5.56 Å². The summed E-state index contributed by atoms with van der Waals surface area (Å²) < 4.78 is 56.1. The van der Waals surface area contributed by atoms with E-state index in [2.05, 4.69) is 15.5 Å². The van der Waals surface area contributed by atoms with Gasteiger partial charge in [0.2, 0.25) is 17.6 Å². The third kappa shape index (κ3) is 4.90. The molecule has 1 N–H and O–H groups in total. The van der Waals surface area contributed by atoms with Crippen molar-refractivity contribution < 1.29 is 26.9 Å². The molecule has 0 fully saturated rings. The lowest BCUT2D eigenvalue weighted by atomic mass is 10.1. The molecule has 3 aromatic rings. The molecule has 0 radical (unpaired) electrons. The highest BCUT2D eigenvalue weighted by molar-refractivity contribution is 5.78. The van der Waals surface area contributed by atoms with E-state index in [1.54, 1.807) is 0 Å². The van der Waals surface area contributed by atoms with Gasteiger partial charge in [0.1, 0.15) is 5.82 Å². The SMILES string of the molecule is O=C(Cc1ccc(F)cc1)NCc1nc(-c2cccc(C(F)(F)F)c2)no1. The Labute approximate surface area is 151 Å². The van der Waals surface area contributed by atoms with Crippen LogP contribution in [0.5, 0.6) is 0 Å². The summed E-state index contributed by atoms with van der Waals surface area (Å²) in [7, 11) is 0. The fourth-order valence-electron chi connectivity index (χ4n) is 2.30. The van der Waals surface area contributed by atoms with Crippen LogP contribution in [0.2, 0.25) is 0 Å². The number of carbonyl (C=O) groups excluding carboxylic acids is 1. The largest absolute Gasteiger partial charge is 0.416 e. The molecule has 0 spiro atoms. The zero-order valence-electron chi connectivity index (χ0n) is 13.8. The highest BCUT2D eigenvalue weighted by Gasteiger charge is 2.30. The van der Waals surface area contributed by atoms with Gasteiger partial charge >= 0.3 is 6.18 Å². The predicted molar refractivity (Wildman–Crippen MR) is 86.7 cm³/mol. The van der Waals surface area contributed by atoms with E-state index in [4.69, 9.17) is 4.52 Å². The first-order valence-electron chi connectivity index (χ1n) is 7.82. The van der Waals surface area contributed by atoms with Crippen molar-refractivity contribution in [1.29, 1.82) is 0 Å². The van der Waals surface area contributed by atoms with Crippen LogP contribution in [0.1, 0.15) is 17.0 Å². The van der Waals surface area contributed by atoms with E-state index in [9.17, 15) is 22.4 Å². The molecule has 0 aliphatic rings. The van der Waals surface area contributed by atoms with Gasteiger partial charge < -0.3 is 9.84 Å². The van der Waals surface area contributed by atoms with Crippen molar-refractivity contribution in [3.63, 3.8) is 0 Å². The van der Waals surface area contributed by atoms with Crippen molar-refractivity contribution in [3.05, 3.63) is 71.4 Å². The molecular weight excluding hydrogens is 366 g/mol. The van der Waals surface area contributed by atoms with Crippen molar-refractivity contribution in [1.82, 2.24) is 15.5 Å². The van der Waals surface area contributed by atoms with Crippen LogP contribution in [0, 0.1) is 5.82 Å². The molecule has 140 valence electrons. The molecule has 0 atom stereocenters. The first-order valence-corrected chi connectivity index (χ1v) is 7.82. The minimum atomic E-state index is -4.48. The number of halogens is 4. The smallest absolute Gasteiger partial charge is 0.347 e. The molecule has 0 unspecified atom stereocenters. The summed E-state index contributed by atoms with van der Waals surface area (Å²) >= 11 is 0. The van der Waals surface area contributed by atoms with Gasteiger partial charge in [-0.25, -0.2) is 4.39 Å². The Bertz CT molecular complexity index is 936. The predicted octanol–water partition coefficient (Wildman–Crippen LogP) is 3.75. The monoisotopic (exact) mass is 379 g/mol. The van der Waals surface area contributed by atoms with Crippen LogP contribution in [-0.4, -0.2) is 16.0 Å². The molecule has 1 aromatic heterocycles. The van der Waals surface area contributed by atoms with E-state index < -0.39 is 17.6 Å². The number of amides is 1. The molecule has 27 heavy (non-hydrogen) atoms. The van der Waals surface area contributed by atoms with Gasteiger partial charge in [0.05, 0.1) is 18.5 Å². The number of rotatable bonds is 5. The van der Waals surface area contributed by atoms with Crippen LogP contribution < -0.4 is 5.32 Å². The molecule has 0 saturated carbocycles. The van der Waals surface area contributed by atoms with Crippen LogP contribution in [0.25, 0.3) is 11.4 Å². The first kappa shape index (κ1) is 18.6. The van der Waals surface area contributed by atoms with E-state index in [-0.39, 0.29) is 36.2 Å². The Morgan fingerprint density at radius 1 is 1.11 bits per heavy atom. The van der Waals surface area contributed by atoms with E-state index in [1.807, 2.05) is 0 Å². The Kier molecular flexibility index (Phi) is 5.20. The number of hydrogen-bond acceptors (Lipinski definition) is 4. The Morgan fingerprint density at radius 2 is 1.85 bits per heavy atom. The lowest BCUT2D eigenvalue weighted by Gasteiger charge is -2.06. The maximum atomic E-state index is 12.8. The van der Waals surface area contributed by atoms with E-state index in [0.717, 1.165) is 12.1 Å². The van der Waals surface area contributed by atoms with Gasteiger partial charge in [-0.1, -0.05) is 29.4 Å². The number of nitrogens with one attached hydrogen (secondary N) is 1. The standard InChI is InChI=1S/C18H13F4N3O2/c19-14-6-4-11(5-7-14)8-15(26)23-10-16-24-17(25-27-16)12-2-1-3-13(9-12)18(20,21)22/h1-7,9H,8,10H2,(H,23,26). The number of hydrogen-bond donors (Lipinski definition) is 1. The van der Waals surface area contributed by atoms with Gasteiger partial charge in [0, 0.05) is 5.56 Å². The summed E-state index contributed by atoms with van der Waals surface area (Å²) in [6.45, 7) is -0.0774. The summed E-state index contributed by atoms with van der Waals surface area (Å²) in [6, 6.07) is 10.0. The van der Waals surface area contributed by atoms with Crippen molar-refractivity contribution in [3.8, 4) is 11.4 Å². The van der Waals surface area contributed by atoms with Crippen LogP contribution in [0.3, 0.4) is 0 Å². The second kappa shape index (κ2) is 7.56. The fraction of sp³-hybridized carbons (Fsp3) is 0.167. The van der Waals surface area contributed by atoms with Crippen LogP contribution in [0.15, 0.2) is 53.1 Å². The first-order chi connectivity index (χ1) is 12.8. The summed E-state index contributed by atoms with van der Waals surface area (Å²) in [4.78, 5) is 15.9.